The molecule has 0 aliphatic rings. The topological polar surface area (TPSA) is 52.6 Å². The third kappa shape index (κ3) is 3.69. The fraction of sp³-hybridized carbons (Fsp3) is 0.176. The summed E-state index contributed by atoms with van der Waals surface area (Å²) in [6.07, 6.45) is -1.06. The quantitative estimate of drug-likeness (QED) is 0.810. The van der Waals surface area contributed by atoms with Crippen LogP contribution in [0, 0.1) is 6.92 Å². The van der Waals surface area contributed by atoms with E-state index in [1.807, 2.05) is 25.1 Å². The summed E-state index contributed by atoms with van der Waals surface area (Å²) >= 11 is 0. The van der Waals surface area contributed by atoms with Crippen LogP contribution in [0.15, 0.2) is 54.6 Å². The number of aryl methyl sites for hydroxylation is 1. The Hall–Kier alpha value is -2.62. The van der Waals surface area contributed by atoms with Gasteiger partial charge in [0.2, 0.25) is 6.10 Å². The number of benzene rings is 2. The van der Waals surface area contributed by atoms with Crippen LogP contribution >= 0.6 is 0 Å². The zero-order chi connectivity index (χ0) is 15.2. The predicted octanol–water partition coefficient (Wildman–Crippen LogP) is 3.07. The highest BCUT2D eigenvalue weighted by Crippen LogP contribution is 2.20. The van der Waals surface area contributed by atoms with Gasteiger partial charge in [-0.25, -0.2) is 9.59 Å². The summed E-state index contributed by atoms with van der Waals surface area (Å²) < 4.78 is 10.0. The Kier molecular flexibility index (Phi) is 4.72. The Morgan fingerprint density at radius 1 is 0.952 bits per heavy atom. The molecule has 2 rings (SSSR count). The summed E-state index contributed by atoms with van der Waals surface area (Å²) in [6.45, 7) is 1.93. The summed E-state index contributed by atoms with van der Waals surface area (Å²) in [7, 11) is 1.26. The van der Waals surface area contributed by atoms with E-state index in [1.54, 1.807) is 36.4 Å². The van der Waals surface area contributed by atoms with Gasteiger partial charge >= 0.3 is 11.9 Å². The van der Waals surface area contributed by atoms with Crippen LogP contribution in [0.5, 0.6) is 0 Å². The first-order valence-corrected chi connectivity index (χ1v) is 6.52. The lowest BCUT2D eigenvalue weighted by Crippen LogP contribution is -2.21. The van der Waals surface area contributed by atoms with Gasteiger partial charge < -0.3 is 9.47 Å². The molecule has 0 fully saturated rings. The van der Waals surface area contributed by atoms with Crippen molar-refractivity contribution in [1.29, 1.82) is 0 Å². The second-order valence-electron chi connectivity index (χ2n) is 4.59. The second kappa shape index (κ2) is 6.70. The summed E-state index contributed by atoms with van der Waals surface area (Å²) in [5.74, 6) is -1.17. The molecule has 1 atom stereocenters. The van der Waals surface area contributed by atoms with E-state index in [-0.39, 0.29) is 0 Å². The monoisotopic (exact) mass is 284 g/mol. The lowest BCUT2D eigenvalue weighted by molar-refractivity contribution is -0.151. The van der Waals surface area contributed by atoms with E-state index in [0.717, 1.165) is 5.56 Å². The van der Waals surface area contributed by atoms with Crippen molar-refractivity contribution in [3.05, 3.63) is 71.3 Å². The number of rotatable bonds is 4. The molecule has 4 nitrogen and oxygen atoms in total. The van der Waals surface area contributed by atoms with Gasteiger partial charge in [0.15, 0.2) is 0 Å². The van der Waals surface area contributed by atoms with Crippen molar-refractivity contribution in [1.82, 2.24) is 0 Å². The van der Waals surface area contributed by atoms with Gasteiger partial charge in [-0.1, -0.05) is 48.0 Å². The molecule has 0 heterocycles. The van der Waals surface area contributed by atoms with Crippen LogP contribution in [-0.2, 0) is 14.3 Å². The van der Waals surface area contributed by atoms with Crippen LogP contribution in [0.2, 0.25) is 0 Å². The molecule has 0 spiro atoms. The maximum Gasteiger partial charge on any atom is 0.351 e. The van der Waals surface area contributed by atoms with E-state index in [0.29, 0.717) is 11.1 Å². The maximum absolute atomic E-state index is 12.1. The van der Waals surface area contributed by atoms with Crippen molar-refractivity contribution in [2.45, 2.75) is 13.0 Å². The third-order valence-corrected chi connectivity index (χ3v) is 3.03. The highest BCUT2D eigenvalue weighted by Gasteiger charge is 2.26. The predicted molar refractivity (Wildman–Crippen MR) is 77.8 cm³/mol. The van der Waals surface area contributed by atoms with Crippen LogP contribution in [-0.4, -0.2) is 19.0 Å². The Morgan fingerprint density at radius 2 is 1.57 bits per heavy atom. The van der Waals surface area contributed by atoms with E-state index in [9.17, 15) is 9.59 Å². The first-order valence-electron chi connectivity index (χ1n) is 6.52. The molecular weight excluding hydrogens is 268 g/mol. The first kappa shape index (κ1) is 14.8. The van der Waals surface area contributed by atoms with Crippen LogP contribution in [0.25, 0.3) is 0 Å². The van der Waals surface area contributed by atoms with Gasteiger partial charge in [0, 0.05) is 5.56 Å². The minimum Gasteiger partial charge on any atom is -0.466 e. The fourth-order valence-electron chi connectivity index (χ4n) is 1.85. The van der Waals surface area contributed by atoms with Crippen LogP contribution in [0.4, 0.5) is 0 Å². The Balaban J connectivity index is 2.21. The average molecular weight is 284 g/mol. The van der Waals surface area contributed by atoms with Crippen molar-refractivity contribution in [3.8, 4) is 0 Å². The van der Waals surface area contributed by atoms with Crippen molar-refractivity contribution in [2.24, 2.45) is 0 Å². The van der Waals surface area contributed by atoms with Crippen molar-refractivity contribution in [3.63, 3.8) is 0 Å². The number of ether oxygens (including phenoxy) is 2. The van der Waals surface area contributed by atoms with Crippen LogP contribution in [0.3, 0.4) is 0 Å². The normalized spacial score (nSPS) is 11.5. The lowest BCUT2D eigenvalue weighted by atomic mass is 10.1. The van der Waals surface area contributed by atoms with E-state index >= 15 is 0 Å². The third-order valence-electron chi connectivity index (χ3n) is 3.03. The average Bonchev–Trinajstić information content (AvgIpc) is 2.53. The van der Waals surface area contributed by atoms with E-state index in [1.165, 1.54) is 7.11 Å². The largest absolute Gasteiger partial charge is 0.466 e. The molecule has 4 heteroatoms. The smallest absolute Gasteiger partial charge is 0.351 e. The van der Waals surface area contributed by atoms with Crippen molar-refractivity contribution < 1.29 is 19.1 Å². The molecule has 2 aromatic rings. The van der Waals surface area contributed by atoms with Crippen LogP contribution < -0.4 is 0 Å². The summed E-state index contributed by atoms with van der Waals surface area (Å²) in [6, 6.07) is 15.7. The van der Waals surface area contributed by atoms with Gasteiger partial charge in [0.1, 0.15) is 0 Å². The van der Waals surface area contributed by atoms with Crippen molar-refractivity contribution >= 4 is 11.9 Å². The second-order valence-corrected chi connectivity index (χ2v) is 4.59. The number of esters is 2. The summed E-state index contributed by atoms with van der Waals surface area (Å²) in [5.41, 5.74) is 2.01. The Labute approximate surface area is 123 Å². The van der Waals surface area contributed by atoms with Gasteiger partial charge in [-0.2, -0.15) is 0 Å². The molecule has 2 aromatic carbocycles. The fourth-order valence-corrected chi connectivity index (χ4v) is 1.85. The number of carbonyl (C=O) groups is 2. The first-order chi connectivity index (χ1) is 10.1. The molecule has 0 aliphatic heterocycles. The zero-order valence-electron chi connectivity index (χ0n) is 11.9. The van der Waals surface area contributed by atoms with Crippen LogP contribution in [0.1, 0.15) is 27.6 Å². The van der Waals surface area contributed by atoms with Gasteiger partial charge in [-0.3, -0.25) is 0 Å². The molecule has 0 aliphatic carbocycles. The van der Waals surface area contributed by atoms with E-state index in [4.69, 9.17) is 9.47 Å². The zero-order valence-corrected chi connectivity index (χ0v) is 11.9. The molecule has 0 saturated carbocycles. The maximum atomic E-state index is 12.1. The Bertz CT molecular complexity index is 617. The Morgan fingerprint density at radius 3 is 2.14 bits per heavy atom. The number of hydrogen-bond donors (Lipinski definition) is 0. The SMILES string of the molecule is COC(=O)C(OC(=O)c1ccc(C)cc1)c1ccccc1. The van der Waals surface area contributed by atoms with Crippen molar-refractivity contribution in [2.75, 3.05) is 7.11 Å². The lowest BCUT2D eigenvalue weighted by Gasteiger charge is -2.16. The van der Waals surface area contributed by atoms with Gasteiger partial charge in [-0.05, 0) is 19.1 Å². The molecule has 108 valence electrons. The molecule has 0 saturated heterocycles. The highest BCUT2D eigenvalue weighted by molar-refractivity contribution is 5.91. The molecular formula is C17H16O4. The molecule has 0 bridgehead atoms. The van der Waals surface area contributed by atoms with E-state index in [2.05, 4.69) is 0 Å². The minimum absolute atomic E-state index is 0.394. The standard InChI is InChI=1S/C17H16O4/c1-12-8-10-14(11-9-12)16(18)21-15(17(19)20-2)13-6-4-3-5-7-13/h3-11,15H,1-2H3. The molecule has 0 radical (unpaired) electrons. The molecule has 0 amide bonds. The van der Waals surface area contributed by atoms with E-state index < -0.39 is 18.0 Å². The minimum atomic E-state index is -1.06. The molecule has 1 unspecified atom stereocenters. The summed E-state index contributed by atoms with van der Waals surface area (Å²) in [4.78, 5) is 24.0. The highest BCUT2D eigenvalue weighted by atomic mass is 16.6. The summed E-state index contributed by atoms with van der Waals surface area (Å²) in [5, 5.41) is 0. The van der Waals surface area contributed by atoms with Gasteiger partial charge in [0.25, 0.3) is 0 Å². The number of methoxy groups -OCH3 is 1. The van der Waals surface area contributed by atoms with Gasteiger partial charge in [-0.15, -0.1) is 0 Å². The number of carbonyl (C=O) groups excluding carboxylic acids is 2. The number of hydrogen-bond acceptors (Lipinski definition) is 4. The molecule has 0 aromatic heterocycles. The van der Waals surface area contributed by atoms with Gasteiger partial charge in [0.05, 0.1) is 12.7 Å². The molecule has 21 heavy (non-hydrogen) atoms. The molecule has 0 N–H and O–H groups in total.